The summed E-state index contributed by atoms with van der Waals surface area (Å²) in [6, 6.07) is 2.13. The number of hydrogen-bond acceptors (Lipinski definition) is 3. The Morgan fingerprint density at radius 2 is 2.33 bits per heavy atom. The van der Waals surface area contributed by atoms with E-state index in [9.17, 15) is 0 Å². The summed E-state index contributed by atoms with van der Waals surface area (Å²) in [4.78, 5) is 0. The predicted octanol–water partition coefficient (Wildman–Crippen LogP) is 2.78. The zero-order valence-corrected chi connectivity index (χ0v) is 9.15. The molecule has 0 aromatic carbocycles. The molecule has 1 heterocycles. The highest BCUT2D eigenvalue weighted by atomic mass is 16.7. The Bertz CT molecular complexity index is 214. The van der Waals surface area contributed by atoms with Gasteiger partial charge in [-0.3, -0.25) is 0 Å². The fraction of sp³-hybridized carbons (Fsp3) is 0.750. The standard InChI is InChI=1S/C12H19NO2/c13-9-5-2-1-3-6-10-14-12-8-4-7-11-15-12/h3,6,12H,1-2,4-5,7-8,10-11H2. The zero-order chi connectivity index (χ0) is 10.8. The number of unbranched alkanes of at least 4 members (excludes halogenated alkanes) is 2. The summed E-state index contributed by atoms with van der Waals surface area (Å²) in [5.74, 6) is 0. The smallest absolute Gasteiger partial charge is 0.157 e. The summed E-state index contributed by atoms with van der Waals surface area (Å²) >= 11 is 0. The summed E-state index contributed by atoms with van der Waals surface area (Å²) in [6.07, 6.45) is 9.99. The molecule has 3 nitrogen and oxygen atoms in total. The van der Waals surface area contributed by atoms with Gasteiger partial charge in [0.1, 0.15) is 0 Å². The molecule has 1 aliphatic heterocycles. The average molecular weight is 209 g/mol. The number of allylic oxidation sites excluding steroid dienone is 1. The number of hydrogen-bond donors (Lipinski definition) is 0. The molecular weight excluding hydrogens is 190 g/mol. The van der Waals surface area contributed by atoms with E-state index in [0.717, 1.165) is 32.3 Å². The fourth-order valence-corrected chi connectivity index (χ4v) is 1.49. The summed E-state index contributed by atoms with van der Waals surface area (Å²) < 4.78 is 10.9. The Hall–Kier alpha value is -0.850. The molecule has 1 aliphatic rings. The highest BCUT2D eigenvalue weighted by molar-refractivity contribution is 4.83. The maximum Gasteiger partial charge on any atom is 0.157 e. The van der Waals surface area contributed by atoms with Gasteiger partial charge >= 0.3 is 0 Å². The van der Waals surface area contributed by atoms with Crippen LogP contribution in [0.2, 0.25) is 0 Å². The maximum atomic E-state index is 8.32. The third-order valence-corrected chi connectivity index (χ3v) is 2.34. The van der Waals surface area contributed by atoms with Crippen molar-refractivity contribution in [2.75, 3.05) is 13.2 Å². The van der Waals surface area contributed by atoms with Gasteiger partial charge in [-0.25, -0.2) is 0 Å². The van der Waals surface area contributed by atoms with Crippen LogP contribution in [0, 0.1) is 11.3 Å². The molecule has 84 valence electrons. The topological polar surface area (TPSA) is 42.2 Å². The average Bonchev–Trinajstić information content (AvgIpc) is 2.29. The lowest BCUT2D eigenvalue weighted by Gasteiger charge is -2.21. The molecule has 0 aromatic heterocycles. The van der Waals surface area contributed by atoms with E-state index in [4.69, 9.17) is 14.7 Å². The van der Waals surface area contributed by atoms with Crippen LogP contribution in [-0.4, -0.2) is 19.5 Å². The quantitative estimate of drug-likeness (QED) is 0.499. The highest BCUT2D eigenvalue weighted by Gasteiger charge is 2.12. The first-order chi connectivity index (χ1) is 7.43. The Balaban J connectivity index is 1.93. The number of rotatable bonds is 6. The van der Waals surface area contributed by atoms with E-state index in [1.165, 1.54) is 6.42 Å². The SMILES string of the molecule is N#CCCCC=CCOC1CCCCO1. The van der Waals surface area contributed by atoms with Crippen LogP contribution in [0.4, 0.5) is 0 Å². The number of nitrogens with zero attached hydrogens (tertiary/aromatic N) is 1. The molecule has 1 atom stereocenters. The second kappa shape index (κ2) is 8.46. The van der Waals surface area contributed by atoms with Crippen molar-refractivity contribution in [2.45, 2.75) is 44.8 Å². The van der Waals surface area contributed by atoms with Gasteiger partial charge in [-0.1, -0.05) is 12.2 Å². The molecule has 1 fully saturated rings. The lowest BCUT2D eigenvalue weighted by molar-refractivity contribution is -0.155. The van der Waals surface area contributed by atoms with Gasteiger partial charge in [0.15, 0.2) is 6.29 Å². The first-order valence-corrected chi connectivity index (χ1v) is 5.68. The van der Waals surface area contributed by atoms with E-state index in [2.05, 4.69) is 12.1 Å². The van der Waals surface area contributed by atoms with Crippen LogP contribution in [0.1, 0.15) is 38.5 Å². The lowest BCUT2D eigenvalue weighted by Crippen LogP contribution is -2.22. The van der Waals surface area contributed by atoms with E-state index in [1.54, 1.807) is 0 Å². The Kier molecular flexibility index (Phi) is 6.89. The van der Waals surface area contributed by atoms with Crippen LogP contribution in [0.5, 0.6) is 0 Å². The van der Waals surface area contributed by atoms with Crippen molar-refractivity contribution in [3.63, 3.8) is 0 Å². The molecule has 0 radical (unpaired) electrons. The number of ether oxygens (including phenoxy) is 2. The molecule has 0 bridgehead atoms. The van der Waals surface area contributed by atoms with E-state index in [-0.39, 0.29) is 6.29 Å². The normalized spacial score (nSPS) is 21.7. The zero-order valence-electron chi connectivity index (χ0n) is 9.15. The first kappa shape index (κ1) is 12.2. The van der Waals surface area contributed by atoms with Gasteiger partial charge in [0.25, 0.3) is 0 Å². The van der Waals surface area contributed by atoms with Gasteiger partial charge in [-0.05, 0) is 32.1 Å². The largest absolute Gasteiger partial charge is 0.353 e. The molecule has 0 aromatic rings. The van der Waals surface area contributed by atoms with E-state index in [1.807, 2.05) is 6.08 Å². The van der Waals surface area contributed by atoms with Crippen LogP contribution in [-0.2, 0) is 9.47 Å². The maximum absolute atomic E-state index is 8.32. The van der Waals surface area contributed by atoms with Crippen molar-refractivity contribution in [1.29, 1.82) is 5.26 Å². The van der Waals surface area contributed by atoms with Crippen molar-refractivity contribution in [3.05, 3.63) is 12.2 Å². The van der Waals surface area contributed by atoms with Crippen LogP contribution in [0.3, 0.4) is 0 Å². The molecule has 0 amide bonds. The van der Waals surface area contributed by atoms with Crippen LogP contribution < -0.4 is 0 Å². The number of nitriles is 1. The molecule has 1 unspecified atom stereocenters. The van der Waals surface area contributed by atoms with Gasteiger partial charge in [-0.15, -0.1) is 0 Å². The van der Waals surface area contributed by atoms with E-state index >= 15 is 0 Å². The summed E-state index contributed by atoms with van der Waals surface area (Å²) in [5.41, 5.74) is 0. The molecule has 0 spiro atoms. The van der Waals surface area contributed by atoms with Gasteiger partial charge in [0, 0.05) is 13.0 Å². The molecule has 3 heteroatoms. The van der Waals surface area contributed by atoms with E-state index in [0.29, 0.717) is 13.0 Å². The molecule has 0 aliphatic carbocycles. The Labute approximate surface area is 91.7 Å². The van der Waals surface area contributed by atoms with Crippen molar-refractivity contribution in [1.82, 2.24) is 0 Å². The van der Waals surface area contributed by atoms with Crippen LogP contribution >= 0.6 is 0 Å². The molecule has 0 N–H and O–H groups in total. The summed E-state index contributed by atoms with van der Waals surface area (Å²) in [5, 5.41) is 8.32. The van der Waals surface area contributed by atoms with Gasteiger partial charge in [0.05, 0.1) is 12.7 Å². The molecule has 1 rings (SSSR count). The van der Waals surface area contributed by atoms with Crippen molar-refractivity contribution < 1.29 is 9.47 Å². The van der Waals surface area contributed by atoms with Crippen LogP contribution in [0.15, 0.2) is 12.2 Å². The van der Waals surface area contributed by atoms with E-state index < -0.39 is 0 Å². The minimum Gasteiger partial charge on any atom is -0.353 e. The minimum absolute atomic E-state index is 0.00232. The molecular formula is C12H19NO2. The van der Waals surface area contributed by atoms with Gasteiger partial charge in [0.2, 0.25) is 0 Å². The molecule has 15 heavy (non-hydrogen) atoms. The van der Waals surface area contributed by atoms with Crippen molar-refractivity contribution >= 4 is 0 Å². The monoisotopic (exact) mass is 209 g/mol. The molecule has 1 saturated heterocycles. The third-order valence-electron chi connectivity index (χ3n) is 2.34. The Morgan fingerprint density at radius 3 is 3.07 bits per heavy atom. The third kappa shape index (κ3) is 6.27. The second-order valence-electron chi connectivity index (χ2n) is 3.65. The first-order valence-electron chi connectivity index (χ1n) is 5.68. The lowest BCUT2D eigenvalue weighted by atomic mass is 10.2. The molecule has 0 saturated carbocycles. The highest BCUT2D eigenvalue weighted by Crippen LogP contribution is 2.13. The van der Waals surface area contributed by atoms with Crippen molar-refractivity contribution in [2.24, 2.45) is 0 Å². The van der Waals surface area contributed by atoms with Gasteiger partial charge < -0.3 is 9.47 Å². The van der Waals surface area contributed by atoms with Gasteiger partial charge in [-0.2, -0.15) is 5.26 Å². The Morgan fingerprint density at radius 1 is 1.40 bits per heavy atom. The fourth-order valence-electron chi connectivity index (χ4n) is 1.49. The summed E-state index contributed by atoms with van der Waals surface area (Å²) in [7, 11) is 0. The van der Waals surface area contributed by atoms with Crippen molar-refractivity contribution in [3.8, 4) is 6.07 Å². The summed E-state index contributed by atoms with van der Waals surface area (Å²) in [6.45, 7) is 1.45. The second-order valence-corrected chi connectivity index (χ2v) is 3.65. The van der Waals surface area contributed by atoms with Crippen LogP contribution in [0.25, 0.3) is 0 Å². The predicted molar refractivity (Wildman–Crippen MR) is 58.1 cm³/mol. The minimum atomic E-state index is 0.00232.